The third kappa shape index (κ3) is 4.70. The van der Waals surface area contributed by atoms with Gasteiger partial charge in [-0.25, -0.2) is 4.79 Å². The van der Waals surface area contributed by atoms with E-state index in [1.807, 2.05) is 30.5 Å². The fourth-order valence-corrected chi connectivity index (χ4v) is 5.02. The molecule has 2 aromatic rings. The van der Waals surface area contributed by atoms with Crippen molar-refractivity contribution < 1.29 is 14.3 Å². The average molecular weight is 415 g/mol. The smallest absolute Gasteiger partial charge is 0.341 e. The monoisotopic (exact) mass is 414 g/mol. The second-order valence-electron chi connectivity index (χ2n) is 6.54. The molecule has 146 valence electrons. The molecule has 0 fully saturated rings. The minimum absolute atomic E-state index is 0.0131. The molecule has 1 aliphatic rings. The number of carbonyl (C=O) groups is 2. The molecule has 0 atom stereocenters. The number of ether oxygens (including phenoxy) is 1. The van der Waals surface area contributed by atoms with Gasteiger partial charge in [0.05, 0.1) is 12.2 Å². The quantitative estimate of drug-likeness (QED) is 0.293. The Bertz CT molecular complexity index is 920. The number of rotatable bonds is 7. The van der Waals surface area contributed by atoms with E-state index in [1.165, 1.54) is 22.7 Å². The summed E-state index contributed by atoms with van der Waals surface area (Å²) in [5.74, 6) is -0.888. The van der Waals surface area contributed by atoms with E-state index < -0.39 is 5.91 Å². The van der Waals surface area contributed by atoms with Crippen molar-refractivity contribution in [2.45, 2.75) is 45.4 Å². The normalized spacial score (nSPS) is 13.5. The van der Waals surface area contributed by atoms with Crippen LogP contribution in [0.3, 0.4) is 0 Å². The van der Waals surface area contributed by atoms with Crippen LogP contribution in [0.5, 0.6) is 0 Å². The van der Waals surface area contributed by atoms with E-state index in [4.69, 9.17) is 4.74 Å². The molecule has 0 saturated carbocycles. The molecule has 1 amide bonds. The predicted octanol–water partition coefficient (Wildman–Crippen LogP) is 5.19. The molecule has 2 heterocycles. The zero-order chi connectivity index (χ0) is 19.9. The molecule has 0 bridgehead atoms. The van der Waals surface area contributed by atoms with Crippen molar-refractivity contribution in [1.29, 1.82) is 5.26 Å². The van der Waals surface area contributed by atoms with Crippen molar-refractivity contribution in [3.05, 3.63) is 44.0 Å². The number of hydrogen-bond donors (Lipinski definition) is 1. The van der Waals surface area contributed by atoms with Crippen LogP contribution in [0.4, 0.5) is 5.00 Å². The number of amides is 1. The lowest BCUT2D eigenvalue weighted by Gasteiger charge is -2.12. The van der Waals surface area contributed by atoms with Gasteiger partial charge in [-0.3, -0.25) is 4.79 Å². The Hall–Kier alpha value is -2.43. The second kappa shape index (κ2) is 9.67. The summed E-state index contributed by atoms with van der Waals surface area (Å²) in [6.45, 7) is 2.41. The summed E-state index contributed by atoms with van der Waals surface area (Å²) in [5, 5.41) is 14.6. The predicted molar refractivity (Wildman–Crippen MR) is 113 cm³/mol. The van der Waals surface area contributed by atoms with Crippen LogP contribution in [0.1, 0.15) is 58.3 Å². The largest absolute Gasteiger partial charge is 0.462 e. The molecule has 0 radical (unpaired) electrons. The van der Waals surface area contributed by atoms with E-state index in [1.54, 1.807) is 6.08 Å². The first-order chi connectivity index (χ1) is 13.6. The van der Waals surface area contributed by atoms with Gasteiger partial charge >= 0.3 is 5.97 Å². The van der Waals surface area contributed by atoms with Crippen molar-refractivity contribution in [1.82, 2.24) is 0 Å². The fourth-order valence-electron chi connectivity index (χ4n) is 3.09. The number of unbranched alkanes of at least 4 members (excludes halogenated alkanes) is 1. The van der Waals surface area contributed by atoms with Gasteiger partial charge in [0.1, 0.15) is 16.6 Å². The van der Waals surface area contributed by atoms with Crippen LogP contribution in [-0.2, 0) is 22.4 Å². The molecular weight excluding hydrogens is 392 g/mol. The van der Waals surface area contributed by atoms with Gasteiger partial charge in [0.25, 0.3) is 5.91 Å². The molecule has 2 aromatic heterocycles. The number of fused-ring (bicyclic) bond motifs is 1. The number of esters is 1. The summed E-state index contributed by atoms with van der Waals surface area (Å²) >= 11 is 2.88. The fraction of sp³-hybridized carbons (Fsp3) is 0.381. The molecule has 3 rings (SSSR count). The third-order valence-electron chi connectivity index (χ3n) is 4.53. The molecule has 0 unspecified atom stereocenters. The van der Waals surface area contributed by atoms with Crippen LogP contribution >= 0.6 is 22.7 Å². The highest BCUT2D eigenvalue weighted by atomic mass is 32.1. The van der Waals surface area contributed by atoms with E-state index in [9.17, 15) is 14.9 Å². The maximum Gasteiger partial charge on any atom is 0.341 e. The molecular formula is C21H22N2O3S2. The number of nitrogens with one attached hydrogen (secondary N) is 1. The molecule has 0 spiro atoms. The maximum absolute atomic E-state index is 12.7. The first-order valence-corrected chi connectivity index (χ1v) is 11.1. The van der Waals surface area contributed by atoms with Gasteiger partial charge in [0.15, 0.2) is 0 Å². The van der Waals surface area contributed by atoms with Crippen molar-refractivity contribution in [2.24, 2.45) is 0 Å². The number of nitriles is 1. The minimum Gasteiger partial charge on any atom is -0.462 e. The van der Waals surface area contributed by atoms with Crippen LogP contribution in [0, 0.1) is 11.3 Å². The molecule has 28 heavy (non-hydrogen) atoms. The Morgan fingerprint density at radius 3 is 2.89 bits per heavy atom. The molecule has 1 aliphatic carbocycles. The second-order valence-corrected chi connectivity index (χ2v) is 8.63. The first kappa shape index (κ1) is 20.3. The van der Waals surface area contributed by atoms with Crippen molar-refractivity contribution in [2.75, 3.05) is 11.9 Å². The molecule has 7 heteroatoms. The Morgan fingerprint density at radius 2 is 2.18 bits per heavy atom. The summed E-state index contributed by atoms with van der Waals surface area (Å²) < 4.78 is 5.43. The van der Waals surface area contributed by atoms with E-state index in [0.29, 0.717) is 17.2 Å². The van der Waals surface area contributed by atoms with Crippen LogP contribution in [0.2, 0.25) is 0 Å². The average Bonchev–Trinajstić information content (AvgIpc) is 3.33. The number of thiophene rings is 2. The van der Waals surface area contributed by atoms with E-state index in [0.717, 1.165) is 53.8 Å². The van der Waals surface area contributed by atoms with Gasteiger partial charge in [0.2, 0.25) is 0 Å². The summed E-state index contributed by atoms with van der Waals surface area (Å²) in [6, 6.07) is 5.66. The third-order valence-corrected chi connectivity index (χ3v) is 6.55. The van der Waals surface area contributed by atoms with Crippen molar-refractivity contribution in [3.8, 4) is 6.07 Å². The SMILES string of the molecule is CCCCOC(=O)c1c(NC(=O)C(C#N)=Cc2cccs2)sc2c1CCCC2. The Balaban J connectivity index is 1.86. The number of hydrogen-bond acceptors (Lipinski definition) is 6. The highest BCUT2D eigenvalue weighted by molar-refractivity contribution is 7.17. The van der Waals surface area contributed by atoms with Crippen molar-refractivity contribution in [3.63, 3.8) is 0 Å². The maximum atomic E-state index is 12.7. The lowest BCUT2D eigenvalue weighted by atomic mass is 9.95. The molecule has 0 saturated heterocycles. The van der Waals surface area contributed by atoms with Crippen LogP contribution in [0.25, 0.3) is 6.08 Å². The van der Waals surface area contributed by atoms with Crippen LogP contribution in [-0.4, -0.2) is 18.5 Å². The summed E-state index contributed by atoms with van der Waals surface area (Å²) in [6.07, 6.45) is 7.13. The van der Waals surface area contributed by atoms with Gasteiger partial charge in [-0.1, -0.05) is 19.4 Å². The number of carbonyl (C=O) groups excluding carboxylic acids is 2. The van der Waals surface area contributed by atoms with Gasteiger partial charge in [-0.15, -0.1) is 22.7 Å². The van der Waals surface area contributed by atoms with Crippen molar-refractivity contribution >= 4 is 45.6 Å². The first-order valence-electron chi connectivity index (χ1n) is 9.42. The molecule has 0 aliphatic heterocycles. The Labute approximate surface area is 172 Å². The van der Waals surface area contributed by atoms with Gasteiger partial charge in [0, 0.05) is 9.75 Å². The van der Waals surface area contributed by atoms with E-state index in [-0.39, 0.29) is 11.5 Å². The van der Waals surface area contributed by atoms with Crippen LogP contribution in [0.15, 0.2) is 23.1 Å². The van der Waals surface area contributed by atoms with Gasteiger partial charge in [-0.2, -0.15) is 5.26 Å². The Kier molecular flexibility index (Phi) is 7.01. The summed E-state index contributed by atoms with van der Waals surface area (Å²) in [5.41, 5.74) is 1.48. The summed E-state index contributed by atoms with van der Waals surface area (Å²) in [7, 11) is 0. The molecule has 1 N–H and O–H groups in total. The standard InChI is InChI=1S/C21H22N2O3S2/c1-2-3-10-26-21(25)18-16-8-4-5-9-17(16)28-20(18)23-19(24)14(13-22)12-15-7-6-11-27-15/h6-7,11-12H,2-5,8-10H2,1H3,(H,23,24). The number of aryl methyl sites for hydroxylation is 1. The Morgan fingerprint density at radius 1 is 1.36 bits per heavy atom. The topological polar surface area (TPSA) is 79.2 Å². The molecule has 0 aromatic carbocycles. The van der Waals surface area contributed by atoms with Gasteiger partial charge < -0.3 is 10.1 Å². The zero-order valence-electron chi connectivity index (χ0n) is 15.7. The highest BCUT2D eigenvalue weighted by Gasteiger charge is 2.27. The van der Waals surface area contributed by atoms with E-state index in [2.05, 4.69) is 5.32 Å². The minimum atomic E-state index is -0.503. The number of nitrogens with zero attached hydrogens (tertiary/aromatic N) is 1. The molecule has 5 nitrogen and oxygen atoms in total. The van der Waals surface area contributed by atoms with Gasteiger partial charge in [-0.05, 0) is 55.2 Å². The summed E-state index contributed by atoms with van der Waals surface area (Å²) in [4.78, 5) is 27.3. The lowest BCUT2D eigenvalue weighted by molar-refractivity contribution is -0.112. The number of anilines is 1. The van der Waals surface area contributed by atoms with E-state index >= 15 is 0 Å². The van der Waals surface area contributed by atoms with Crippen LogP contribution < -0.4 is 5.32 Å². The lowest BCUT2D eigenvalue weighted by Crippen LogP contribution is -2.17. The highest BCUT2D eigenvalue weighted by Crippen LogP contribution is 2.38. The zero-order valence-corrected chi connectivity index (χ0v) is 17.4.